The van der Waals surface area contributed by atoms with Gasteiger partial charge < -0.3 is 19.5 Å². The Morgan fingerprint density at radius 2 is 1.76 bits per heavy atom. The van der Waals surface area contributed by atoms with Gasteiger partial charge in [-0.3, -0.25) is 9.59 Å². The second-order valence-corrected chi connectivity index (χ2v) is 6.72. The van der Waals surface area contributed by atoms with Crippen LogP contribution in [0.5, 0.6) is 11.5 Å². The number of aliphatic hydroxyl groups is 1. The van der Waals surface area contributed by atoms with Gasteiger partial charge in [-0.25, -0.2) is 0 Å². The zero-order valence-electron chi connectivity index (χ0n) is 16.6. The topological polar surface area (TPSA) is 76.1 Å². The van der Waals surface area contributed by atoms with E-state index in [9.17, 15) is 14.7 Å². The Kier molecular flexibility index (Phi) is 5.73. The maximum atomic E-state index is 12.8. The molecule has 6 heteroatoms. The summed E-state index contributed by atoms with van der Waals surface area (Å²) in [5, 5.41) is 11.0. The molecule has 1 N–H and O–H groups in total. The molecule has 0 spiro atoms. The van der Waals surface area contributed by atoms with Crippen LogP contribution in [0.25, 0.3) is 5.76 Å². The highest BCUT2D eigenvalue weighted by Crippen LogP contribution is 2.40. The molecule has 3 rings (SSSR count). The second-order valence-electron chi connectivity index (χ2n) is 6.72. The van der Waals surface area contributed by atoms with Crippen LogP contribution >= 0.6 is 0 Å². The van der Waals surface area contributed by atoms with Crippen molar-refractivity contribution < 1.29 is 24.2 Å². The summed E-state index contributed by atoms with van der Waals surface area (Å²) in [6.45, 7) is 5.82. The van der Waals surface area contributed by atoms with Crippen LogP contribution in [-0.4, -0.2) is 42.5 Å². The molecule has 29 heavy (non-hydrogen) atoms. The van der Waals surface area contributed by atoms with Gasteiger partial charge in [-0.1, -0.05) is 35.9 Å². The summed E-state index contributed by atoms with van der Waals surface area (Å²) in [6.07, 6.45) is 1.56. The van der Waals surface area contributed by atoms with Gasteiger partial charge in [-0.15, -0.1) is 6.58 Å². The van der Waals surface area contributed by atoms with Crippen molar-refractivity contribution in [1.82, 2.24) is 4.90 Å². The van der Waals surface area contributed by atoms with Crippen LogP contribution in [0.1, 0.15) is 22.7 Å². The van der Waals surface area contributed by atoms with E-state index >= 15 is 0 Å². The predicted octanol–water partition coefficient (Wildman–Crippen LogP) is 3.62. The number of hydrogen-bond acceptors (Lipinski definition) is 5. The first-order chi connectivity index (χ1) is 13.9. The minimum atomic E-state index is -0.732. The number of rotatable bonds is 6. The molecule has 0 aromatic heterocycles. The molecule has 0 saturated carbocycles. The zero-order chi connectivity index (χ0) is 21.1. The van der Waals surface area contributed by atoms with Crippen LogP contribution < -0.4 is 9.47 Å². The molecule has 1 fully saturated rings. The SMILES string of the molecule is C=CCN1C(=O)C(=O)C(=C(O)c2ccc(OC)c(OC)c2)[C@H]1c1ccc(C)cc1. The molecule has 0 bridgehead atoms. The van der Waals surface area contributed by atoms with Gasteiger partial charge in [0.25, 0.3) is 11.7 Å². The van der Waals surface area contributed by atoms with Crippen molar-refractivity contribution in [2.45, 2.75) is 13.0 Å². The standard InChI is InChI=1S/C23H23NO5/c1-5-12-24-20(15-8-6-14(2)7-9-15)19(22(26)23(24)27)21(25)16-10-11-17(28-3)18(13-16)29-4/h5-11,13,20,25H,1,12H2,2-4H3/t20-/m1/s1. The van der Waals surface area contributed by atoms with E-state index in [1.807, 2.05) is 31.2 Å². The van der Waals surface area contributed by atoms with Crippen LogP contribution in [0, 0.1) is 6.92 Å². The molecular formula is C23H23NO5. The molecular weight excluding hydrogens is 370 g/mol. The number of methoxy groups -OCH3 is 2. The largest absolute Gasteiger partial charge is 0.507 e. The molecule has 1 heterocycles. The number of hydrogen-bond donors (Lipinski definition) is 1. The van der Waals surface area contributed by atoms with Gasteiger partial charge in [-0.2, -0.15) is 0 Å². The molecule has 0 radical (unpaired) electrons. The minimum absolute atomic E-state index is 0.0351. The first-order valence-corrected chi connectivity index (χ1v) is 9.11. The van der Waals surface area contributed by atoms with Crippen LogP contribution in [0.3, 0.4) is 0 Å². The van der Waals surface area contributed by atoms with E-state index in [2.05, 4.69) is 6.58 Å². The normalized spacial score (nSPS) is 18.0. The van der Waals surface area contributed by atoms with Crippen molar-refractivity contribution in [3.05, 3.63) is 77.4 Å². The van der Waals surface area contributed by atoms with Gasteiger partial charge in [0.2, 0.25) is 0 Å². The highest BCUT2D eigenvalue weighted by molar-refractivity contribution is 6.46. The van der Waals surface area contributed by atoms with Crippen molar-refractivity contribution in [2.24, 2.45) is 0 Å². The molecule has 150 valence electrons. The molecule has 6 nitrogen and oxygen atoms in total. The molecule has 2 aromatic rings. The molecule has 1 saturated heterocycles. The molecule has 2 aromatic carbocycles. The van der Waals surface area contributed by atoms with E-state index in [0.29, 0.717) is 17.1 Å². The maximum Gasteiger partial charge on any atom is 0.295 e. The number of nitrogens with zero attached hydrogens (tertiary/aromatic N) is 1. The molecule has 0 aliphatic carbocycles. The lowest BCUT2D eigenvalue weighted by Gasteiger charge is -2.24. The molecule has 0 unspecified atom stereocenters. The maximum absolute atomic E-state index is 12.8. The lowest BCUT2D eigenvalue weighted by molar-refractivity contribution is -0.139. The summed E-state index contributed by atoms with van der Waals surface area (Å²) in [6, 6.07) is 11.6. The Hall–Kier alpha value is -3.54. The van der Waals surface area contributed by atoms with Crippen LogP contribution in [0.15, 0.2) is 60.7 Å². The number of aliphatic hydroxyl groups excluding tert-OH is 1. The Morgan fingerprint density at radius 3 is 2.34 bits per heavy atom. The lowest BCUT2D eigenvalue weighted by Crippen LogP contribution is -2.29. The highest BCUT2D eigenvalue weighted by atomic mass is 16.5. The van der Waals surface area contributed by atoms with Gasteiger partial charge in [-0.05, 0) is 30.7 Å². The van der Waals surface area contributed by atoms with Gasteiger partial charge in [0.1, 0.15) is 5.76 Å². The Balaban J connectivity index is 2.19. The smallest absolute Gasteiger partial charge is 0.295 e. The van der Waals surface area contributed by atoms with Crippen molar-refractivity contribution in [3.63, 3.8) is 0 Å². The van der Waals surface area contributed by atoms with Crippen molar-refractivity contribution in [2.75, 3.05) is 20.8 Å². The number of ether oxygens (including phenoxy) is 2. The first kappa shape index (κ1) is 20.2. The van der Waals surface area contributed by atoms with E-state index in [0.717, 1.165) is 11.1 Å². The van der Waals surface area contributed by atoms with Gasteiger partial charge in [0, 0.05) is 12.1 Å². The minimum Gasteiger partial charge on any atom is -0.507 e. The van der Waals surface area contributed by atoms with E-state index < -0.39 is 17.7 Å². The van der Waals surface area contributed by atoms with Gasteiger partial charge >= 0.3 is 0 Å². The average Bonchev–Trinajstić information content (AvgIpc) is 2.98. The van der Waals surface area contributed by atoms with Crippen molar-refractivity contribution in [3.8, 4) is 11.5 Å². The van der Waals surface area contributed by atoms with Crippen LogP contribution in [-0.2, 0) is 9.59 Å². The number of benzene rings is 2. The molecule has 1 aliphatic rings. The quantitative estimate of drug-likeness (QED) is 0.351. The average molecular weight is 393 g/mol. The van der Waals surface area contributed by atoms with Crippen molar-refractivity contribution in [1.29, 1.82) is 0 Å². The van der Waals surface area contributed by atoms with E-state index in [-0.39, 0.29) is 17.9 Å². The Bertz CT molecular complexity index is 991. The fourth-order valence-electron chi connectivity index (χ4n) is 3.44. The first-order valence-electron chi connectivity index (χ1n) is 9.11. The Labute approximate surface area is 169 Å². The highest BCUT2D eigenvalue weighted by Gasteiger charge is 2.45. The van der Waals surface area contributed by atoms with Gasteiger partial charge in [0.15, 0.2) is 11.5 Å². The van der Waals surface area contributed by atoms with E-state index in [1.54, 1.807) is 24.3 Å². The fraction of sp³-hybridized carbons (Fsp3) is 0.217. The van der Waals surface area contributed by atoms with Crippen LogP contribution in [0.4, 0.5) is 0 Å². The third-order valence-corrected chi connectivity index (χ3v) is 4.92. The number of likely N-dealkylation sites (tertiary alicyclic amines) is 1. The predicted molar refractivity (Wildman–Crippen MR) is 110 cm³/mol. The number of Topliss-reactive ketones (excluding diaryl/α,β-unsaturated/α-hetero) is 1. The van der Waals surface area contributed by atoms with Gasteiger partial charge in [0.05, 0.1) is 25.8 Å². The summed E-state index contributed by atoms with van der Waals surface area (Å²) in [4.78, 5) is 26.9. The number of carbonyl (C=O) groups is 2. The summed E-state index contributed by atoms with van der Waals surface area (Å²) in [5.41, 5.74) is 2.18. The Morgan fingerprint density at radius 1 is 1.10 bits per heavy atom. The molecule has 1 aliphatic heterocycles. The summed E-state index contributed by atoms with van der Waals surface area (Å²) in [5.74, 6) is -0.765. The lowest BCUT2D eigenvalue weighted by atomic mass is 9.94. The number of ketones is 1. The van der Waals surface area contributed by atoms with Crippen LogP contribution in [0.2, 0.25) is 0 Å². The second kappa shape index (κ2) is 8.22. The molecule has 1 amide bonds. The summed E-state index contributed by atoms with van der Waals surface area (Å²) < 4.78 is 10.5. The zero-order valence-corrected chi connectivity index (χ0v) is 16.6. The summed E-state index contributed by atoms with van der Waals surface area (Å²) in [7, 11) is 2.99. The third kappa shape index (κ3) is 3.61. The third-order valence-electron chi connectivity index (χ3n) is 4.92. The number of aryl methyl sites for hydroxylation is 1. The number of amides is 1. The summed E-state index contributed by atoms with van der Waals surface area (Å²) >= 11 is 0. The van der Waals surface area contributed by atoms with E-state index in [4.69, 9.17) is 9.47 Å². The fourth-order valence-corrected chi connectivity index (χ4v) is 3.44. The number of carbonyl (C=O) groups excluding carboxylic acids is 2. The monoisotopic (exact) mass is 393 g/mol. The van der Waals surface area contributed by atoms with E-state index in [1.165, 1.54) is 19.1 Å². The van der Waals surface area contributed by atoms with Crippen molar-refractivity contribution >= 4 is 17.4 Å². The molecule has 1 atom stereocenters.